The molecule has 0 radical (unpaired) electrons. The van der Waals surface area contributed by atoms with Gasteiger partial charge in [0.1, 0.15) is 5.75 Å². The summed E-state index contributed by atoms with van der Waals surface area (Å²) < 4.78 is 5.31. The highest BCUT2D eigenvalue weighted by molar-refractivity contribution is 6.42. The van der Waals surface area contributed by atoms with Crippen molar-refractivity contribution in [1.82, 2.24) is 0 Å². The summed E-state index contributed by atoms with van der Waals surface area (Å²) in [4.78, 5) is 0. The average Bonchev–Trinajstić information content (AvgIpc) is 2.54. The predicted octanol–water partition coefficient (Wildman–Crippen LogP) is 6.51. The molecule has 0 aliphatic rings. The van der Waals surface area contributed by atoms with Crippen molar-refractivity contribution in [3.05, 3.63) is 63.1 Å². The summed E-state index contributed by atoms with van der Waals surface area (Å²) in [6, 6.07) is 12.4. The lowest BCUT2D eigenvalue weighted by molar-refractivity contribution is 0.411. The number of benzene rings is 2. The van der Waals surface area contributed by atoms with E-state index >= 15 is 0 Å². The van der Waals surface area contributed by atoms with E-state index in [1.165, 1.54) is 23.1 Å². The first-order valence-corrected chi connectivity index (χ1v) is 8.82. The van der Waals surface area contributed by atoms with Crippen LogP contribution in [0.1, 0.15) is 36.5 Å². The third kappa shape index (κ3) is 5.44. The number of methoxy groups -OCH3 is 1. The number of hydrogen-bond acceptors (Lipinski definition) is 1. The Labute approximate surface area is 149 Å². The number of aryl methyl sites for hydroxylation is 3. The van der Waals surface area contributed by atoms with Crippen LogP contribution < -0.4 is 4.74 Å². The molecule has 1 atom stereocenters. The fourth-order valence-electron chi connectivity index (χ4n) is 2.76. The predicted molar refractivity (Wildman–Crippen MR) is 100.0 cm³/mol. The fourth-order valence-corrected chi connectivity index (χ4v) is 3.08. The normalized spacial score (nSPS) is 12.2. The van der Waals surface area contributed by atoms with E-state index in [0.29, 0.717) is 16.0 Å². The minimum atomic E-state index is 0.623. The molecule has 0 N–H and O–H groups in total. The Bertz CT molecular complexity index is 652. The summed E-state index contributed by atoms with van der Waals surface area (Å²) >= 11 is 12.0. The molecule has 2 aromatic rings. The van der Waals surface area contributed by atoms with Gasteiger partial charge in [-0.15, -0.1) is 0 Å². The van der Waals surface area contributed by atoms with Crippen molar-refractivity contribution >= 4 is 23.2 Å². The molecule has 2 rings (SSSR count). The van der Waals surface area contributed by atoms with Crippen LogP contribution in [0.3, 0.4) is 0 Å². The molecule has 0 saturated heterocycles. The van der Waals surface area contributed by atoms with Crippen molar-refractivity contribution in [1.29, 1.82) is 0 Å². The second-order valence-corrected chi connectivity index (χ2v) is 7.05. The van der Waals surface area contributed by atoms with Crippen LogP contribution in [0.15, 0.2) is 36.4 Å². The zero-order valence-corrected chi connectivity index (χ0v) is 15.5. The maximum atomic E-state index is 6.07. The van der Waals surface area contributed by atoms with Gasteiger partial charge in [-0.1, -0.05) is 48.3 Å². The van der Waals surface area contributed by atoms with Crippen LogP contribution in [-0.2, 0) is 12.8 Å². The molecule has 1 unspecified atom stereocenters. The minimum absolute atomic E-state index is 0.623. The van der Waals surface area contributed by atoms with Gasteiger partial charge in [0, 0.05) is 0 Å². The topological polar surface area (TPSA) is 9.23 Å². The van der Waals surface area contributed by atoms with Crippen LogP contribution in [0.4, 0.5) is 0 Å². The molecule has 1 nitrogen and oxygen atoms in total. The van der Waals surface area contributed by atoms with E-state index in [4.69, 9.17) is 27.9 Å². The molecule has 0 fully saturated rings. The summed E-state index contributed by atoms with van der Waals surface area (Å²) in [5, 5.41) is 1.27. The van der Waals surface area contributed by atoms with Crippen molar-refractivity contribution in [2.24, 2.45) is 5.92 Å². The SMILES string of the molecule is COc1ccc(CCC(C)CCc2ccc(Cl)c(Cl)c2)cc1C. The lowest BCUT2D eigenvalue weighted by Gasteiger charge is -2.13. The molecule has 124 valence electrons. The Balaban J connectivity index is 1.81. The number of hydrogen-bond donors (Lipinski definition) is 0. The van der Waals surface area contributed by atoms with E-state index in [2.05, 4.69) is 38.1 Å². The van der Waals surface area contributed by atoms with Gasteiger partial charge >= 0.3 is 0 Å². The van der Waals surface area contributed by atoms with Crippen LogP contribution in [0.5, 0.6) is 5.75 Å². The monoisotopic (exact) mass is 350 g/mol. The van der Waals surface area contributed by atoms with Crippen molar-refractivity contribution in [3.8, 4) is 5.75 Å². The lowest BCUT2D eigenvalue weighted by atomic mass is 9.94. The van der Waals surface area contributed by atoms with E-state index < -0.39 is 0 Å². The van der Waals surface area contributed by atoms with Crippen molar-refractivity contribution < 1.29 is 4.74 Å². The highest BCUT2D eigenvalue weighted by Gasteiger charge is 2.06. The number of halogens is 2. The summed E-state index contributed by atoms with van der Waals surface area (Å²) in [6.45, 7) is 4.41. The first-order chi connectivity index (χ1) is 11.0. The van der Waals surface area contributed by atoms with E-state index in [-0.39, 0.29) is 0 Å². The van der Waals surface area contributed by atoms with Gasteiger partial charge in [0.15, 0.2) is 0 Å². The number of ether oxygens (including phenoxy) is 1. The van der Waals surface area contributed by atoms with Crippen molar-refractivity contribution in [2.45, 2.75) is 39.5 Å². The standard InChI is InChI=1S/C20H24Cl2O/c1-14(5-7-17-8-10-18(21)19(22)13-17)4-6-16-9-11-20(23-3)15(2)12-16/h8-14H,4-7H2,1-3H3. The van der Waals surface area contributed by atoms with Crippen molar-refractivity contribution in [2.75, 3.05) is 7.11 Å². The second kappa shape index (κ2) is 8.61. The number of rotatable bonds is 7. The quantitative estimate of drug-likeness (QED) is 0.552. The molecule has 3 heteroatoms. The van der Waals surface area contributed by atoms with E-state index in [9.17, 15) is 0 Å². The molecular formula is C20H24Cl2O. The first-order valence-electron chi connectivity index (χ1n) is 8.07. The van der Waals surface area contributed by atoms with Gasteiger partial charge in [-0.05, 0) is 73.4 Å². The molecule has 0 bridgehead atoms. The maximum Gasteiger partial charge on any atom is 0.121 e. The molecular weight excluding hydrogens is 327 g/mol. The summed E-state index contributed by atoms with van der Waals surface area (Å²) in [5.74, 6) is 1.63. The van der Waals surface area contributed by atoms with Gasteiger partial charge in [-0.3, -0.25) is 0 Å². The minimum Gasteiger partial charge on any atom is -0.496 e. The smallest absolute Gasteiger partial charge is 0.121 e. The Hall–Kier alpha value is -1.18. The van der Waals surface area contributed by atoms with Crippen LogP contribution in [-0.4, -0.2) is 7.11 Å². The Morgan fingerprint density at radius 3 is 2.09 bits per heavy atom. The van der Waals surface area contributed by atoms with Crippen LogP contribution in [0, 0.1) is 12.8 Å². The largest absolute Gasteiger partial charge is 0.496 e. The fraction of sp³-hybridized carbons (Fsp3) is 0.400. The summed E-state index contributed by atoms with van der Waals surface area (Å²) in [7, 11) is 1.72. The van der Waals surface area contributed by atoms with Crippen molar-refractivity contribution in [3.63, 3.8) is 0 Å². The molecule has 0 aliphatic heterocycles. The molecule has 0 amide bonds. The molecule has 23 heavy (non-hydrogen) atoms. The molecule has 0 heterocycles. The van der Waals surface area contributed by atoms with Gasteiger partial charge in [-0.2, -0.15) is 0 Å². The zero-order valence-electron chi connectivity index (χ0n) is 14.0. The van der Waals surface area contributed by atoms with E-state index in [1.807, 2.05) is 12.1 Å². The summed E-state index contributed by atoms with van der Waals surface area (Å²) in [6.07, 6.45) is 4.49. The van der Waals surface area contributed by atoms with Gasteiger partial charge < -0.3 is 4.74 Å². The Morgan fingerprint density at radius 2 is 1.52 bits per heavy atom. The maximum absolute atomic E-state index is 6.07. The Morgan fingerprint density at radius 1 is 0.913 bits per heavy atom. The van der Waals surface area contributed by atoms with Gasteiger partial charge in [0.05, 0.1) is 17.2 Å². The van der Waals surface area contributed by atoms with E-state index in [0.717, 1.165) is 25.0 Å². The molecule has 0 saturated carbocycles. The Kier molecular flexibility index (Phi) is 6.80. The van der Waals surface area contributed by atoms with Gasteiger partial charge in [0.25, 0.3) is 0 Å². The van der Waals surface area contributed by atoms with Crippen LogP contribution in [0.2, 0.25) is 10.0 Å². The summed E-state index contributed by atoms with van der Waals surface area (Å²) in [5.41, 5.74) is 3.84. The van der Waals surface area contributed by atoms with Gasteiger partial charge in [-0.25, -0.2) is 0 Å². The highest BCUT2D eigenvalue weighted by atomic mass is 35.5. The molecule has 2 aromatic carbocycles. The average molecular weight is 351 g/mol. The molecule has 0 aliphatic carbocycles. The first kappa shape index (κ1) is 18.2. The molecule has 0 aromatic heterocycles. The van der Waals surface area contributed by atoms with Crippen LogP contribution >= 0.6 is 23.2 Å². The zero-order chi connectivity index (χ0) is 16.8. The van der Waals surface area contributed by atoms with Crippen LogP contribution in [0.25, 0.3) is 0 Å². The third-order valence-corrected chi connectivity index (χ3v) is 5.03. The lowest BCUT2D eigenvalue weighted by Crippen LogP contribution is -2.00. The molecule has 0 spiro atoms. The second-order valence-electron chi connectivity index (χ2n) is 6.23. The van der Waals surface area contributed by atoms with Gasteiger partial charge in [0.2, 0.25) is 0 Å². The third-order valence-electron chi connectivity index (χ3n) is 4.29. The highest BCUT2D eigenvalue weighted by Crippen LogP contribution is 2.25. The van der Waals surface area contributed by atoms with E-state index in [1.54, 1.807) is 7.11 Å².